The number of esters is 1. The molecule has 1 heterocycles. The SMILES string of the molecule is CCOC(=O)COc1ccc(/C=C(\C#N)C(=O)Nc2sc3c(c2C#N)CCCC3)cc1OC. The Morgan fingerprint density at radius 2 is 2.00 bits per heavy atom. The maximum Gasteiger partial charge on any atom is 0.344 e. The molecule has 170 valence electrons. The molecule has 1 aromatic heterocycles. The van der Waals surface area contributed by atoms with Crippen LogP contribution >= 0.6 is 11.3 Å². The van der Waals surface area contributed by atoms with Gasteiger partial charge in [-0.3, -0.25) is 4.79 Å². The Morgan fingerprint density at radius 3 is 2.70 bits per heavy atom. The van der Waals surface area contributed by atoms with Gasteiger partial charge in [-0.15, -0.1) is 11.3 Å². The predicted molar refractivity (Wildman–Crippen MR) is 123 cm³/mol. The van der Waals surface area contributed by atoms with E-state index in [2.05, 4.69) is 11.4 Å². The van der Waals surface area contributed by atoms with E-state index in [0.29, 0.717) is 27.6 Å². The molecular formula is C24H23N3O5S. The molecule has 1 amide bonds. The Morgan fingerprint density at radius 1 is 1.21 bits per heavy atom. The summed E-state index contributed by atoms with van der Waals surface area (Å²) in [5, 5.41) is 22.3. The van der Waals surface area contributed by atoms with Gasteiger partial charge in [-0.1, -0.05) is 6.07 Å². The molecule has 3 rings (SSSR count). The molecule has 8 nitrogen and oxygen atoms in total. The highest BCUT2D eigenvalue weighted by molar-refractivity contribution is 7.16. The number of thiophene rings is 1. The van der Waals surface area contributed by atoms with Crippen molar-refractivity contribution in [3.05, 3.63) is 45.3 Å². The molecule has 0 atom stereocenters. The second kappa shape index (κ2) is 11.2. The zero-order valence-corrected chi connectivity index (χ0v) is 19.2. The standard InChI is InChI=1S/C24H23N3O5S/c1-3-31-22(28)14-32-19-9-8-15(11-20(19)30-2)10-16(12-25)23(29)27-24-18(13-26)17-6-4-5-7-21(17)33-24/h8-11H,3-7,14H2,1-2H3,(H,27,29)/b16-10+. The van der Waals surface area contributed by atoms with Gasteiger partial charge in [0.05, 0.1) is 19.3 Å². The van der Waals surface area contributed by atoms with E-state index in [0.717, 1.165) is 36.1 Å². The van der Waals surface area contributed by atoms with E-state index >= 15 is 0 Å². The first-order chi connectivity index (χ1) is 16.0. The van der Waals surface area contributed by atoms with Crippen molar-refractivity contribution in [3.8, 4) is 23.6 Å². The Kier molecular flexibility index (Phi) is 8.06. The van der Waals surface area contributed by atoms with Crippen LogP contribution < -0.4 is 14.8 Å². The summed E-state index contributed by atoms with van der Waals surface area (Å²) in [6.45, 7) is 1.69. The fourth-order valence-corrected chi connectivity index (χ4v) is 4.73. The van der Waals surface area contributed by atoms with Crippen LogP contribution in [0.2, 0.25) is 0 Å². The third kappa shape index (κ3) is 5.71. The molecule has 0 fully saturated rings. The Labute approximate surface area is 196 Å². The zero-order chi connectivity index (χ0) is 23.8. The molecule has 2 aromatic rings. The Hall–Kier alpha value is -3.82. The molecular weight excluding hydrogens is 442 g/mol. The van der Waals surface area contributed by atoms with Gasteiger partial charge in [-0.05, 0) is 61.9 Å². The van der Waals surface area contributed by atoms with Crippen molar-refractivity contribution in [2.45, 2.75) is 32.6 Å². The first-order valence-electron chi connectivity index (χ1n) is 10.4. The number of amides is 1. The lowest BCUT2D eigenvalue weighted by molar-refractivity contribution is -0.145. The molecule has 1 aliphatic rings. The minimum Gasteiger partial charge on any atom is -0.493 e. The average molecular weight is 466 g/mol. The van der Waals surface area contributed by atoms with Crippen molar-refractivity contribution in [1.29, 1.82) is 10.5 Å². The van der Waals surface area contributed by atoms with Crippen LogP contribution in [0, 0.1) is 22.7 Å². The summed E-state index contributed by atoms with van der Waals surface area (Å²) in [6, 6.07) is 8.92. The summed E-state index contributed by atoms with van der Waals surface area (Å²) in [4.78, 5) is 25.4. The average Bonchev–Trinajstić information content (AvgIpc) is 3.18. The maximum absolute atomic E-state index is 12.8. The van der Waals surface area contributed by atoms with Crippen molar-refractivity contribution in [3.63, 3.8) is 0 Å². The van der Waals surface area contributed by atoms with Gasteiger partial charge in [-0.25, -0.2) is 4.79 Å². The summed E-state index contributed by atoms with van der Waals surface area (Å²) in [6.07, 6.45) is 5.24. The monoisotopic (exact) mass is 465 g/mol. The molecule has 1 aromatic carbocycles. The number of aryl methyl sites for hydroxylation is 1. The summed E-state index contributed by atoms with van der Waals surface area (Å²) >= 11 is 1.40. The van der Waals surface area contributed by atoms with E-state index < -0.39 is 11.9 Å². The van der Waals surface area contributed by atoms with Crippen LogP contribution in [0.1, 0.15) is 41.3 Å². The number of methoxy groups -OCH3 is 1. The lowest BCUT2D eigenvalue weighted by Crippen LogP contribution is -2.15. The van der Waals surface area contributed by atoms with Crippen LogP contribution in [-0.2, 0) is 27.2 Å². The first-order valence-corrected chi connectivity index (χ1v) is 11.3. The molecule has 0 unspecified atom stereocenters. The largest absolute Gasteiger partial charge is 0.493 e. The number of rotatable bonds is 8. The third-order valence-electron chi connectivity index (χ3n) is 5.02. The van der Waals surface area contributed by atoms with Crippen LogP contribution in [0.25, 0.3) is 6.08 Å². The smallest absolute Gasteiger partial charge is 0.344 e. The number of nitrogens with one attached hydrogen (secondary N) is 1. The van der Waals surface area contributed by atoms with E-state index in [-0.39, 0.29) is 18.8 Å². The molecule has 33 heavy (non-hydrogen) atoms. The maximum atomic E-state index is 12.8. The zero-order valence-electron chi connectivity index (χ0n) is 18.4. The van der Waals surface area contributed by atoms with Crippen LogP contribution in [0.3, 0.4) is 0 Å². The van der Waals surface area contributed by atoms with Crippen molar-refractivity contribution in [1.82, 2.24) is 0 Å². The molecule has 0 saturated heterocycles. The fourth-order valence-electron chi connectivity index (χ4n) is 3.49. The summed E-state index contributed by atoms with van der Waals surface area (Å²) in [7, 11) is 1.44. The van der Waals surface area contributed by atoms with Gasteiger partial charge in [0.25, 0.3) is 5.91 Å². The van der Waals surface area contributed by atoms with Gasteiger partial charge in [0.1, 0.15) is 22.7 Å². The van der Waals surface area contributed by atoms with Gasteiger partial charge in [0, 0.05) is 4.88 Å². The summed E-state index contributed by atoms with van der Waals surface area (Å²) in [5.41, 5.74) is 1.92. The van der Waals surface area contributed by atoms with E-state index in [1.165, 1.54) is 24.5 Å². The molecule has 0 saturated carbocycles. The highest BCUT2D eigenvalue weighted by atomic mass is 32.1. The Balaban J connectivity index is 1.78. The predicted octanol–water partition coefficient (Wildman–Crippen LogP) is 3.99. The molecule has 0 aliphatic heterocycles. The topological polar surface area (TPSA) is 121 Å². The summed E-state index contributed by atoms with van der Waals surface area (Å²) < 4.78 is 15.6. The quantitative estimate of drug-likeness (QED) is 0.355. The van der Waals surface area contributed by atoms with Gasteiger partial charge in [0.2, 0.25) is 0 Å². The van der Waals surface area contributed by atoms with Crippen LogP contribution in [0.5, 0.6) is 11.5 Å². The number of ether oxygens (including phenoxy) is 3. The molecule has 0 spiro atoms. The number of carbonyl (C=O) groups excluding carboxylic acids is 2. The lowest BCUT2D eigenvalue weighted by Gasteiger charge is -2.11. The third-order valence-corrected chi connectivity index (χ3v) is 6.23. The molecule has 0 radical (unpaired) electrons. The van der Waals surface area contributed by atoms with Crippen LogP contribution in [0.15, 0.2) is 23.8 Å². The number of nitriles is 2. The van der Waals surface area contributed by atoms with E-state index in [1.54, 1.807) is 25.1 Å². The van der Waals surface area contributed by atoms with Gasteiger partial charge in [-0.2, -0.15) is 10.5 Å². The fraction of sp³-hybridized carbons (Fsp3) is 0.333. The van der Waals surface area contributed by atoms with Crippen LogP contribution in [-0.4, -0.2) is 32.2 Å². The van der Waals surface area contributed by atoms with E-state index in [1.807, 2.05) is 6.07 Å². The van der Waals surface area contributed by atoms with Crippen molar-refractivity contribution in [2.24, 2.45) is 0 Å². The summed E-state index contributed by atoms with van der Waals surface area (Å²) in [5.74, 6) is -0.426. The highest BCUT2D eigenvalue weighted by Gasteiger charge is 2.22. The minimum atomic E-state index is -0.589. The first kappa shape index (κ1) is 23.8. The van der Waals surface area contributed by atoms with Crippen LogP contribution in [0.4, 0.5) is 5.00 Å². The van der Waals surface area contributed by atoms with Gasteiger partial charge >= 0.3 is 5.97 Å². The lowest BCUT2D eigenvalue weighted by atomic mass is 9.96. The second-order valence-corrected chi connectivity index (χ2v) is 8.26. The Bertz CT molecular complexity index is 1170. The van der Waals surface area contributed by atoms with E-state index in [4.69, 9.17) is 14.2 Å². The molecule has 0 bridgehead atoms. The minimum absolute atomic E-state index is 0.118. The number of carbonyl (C=O) groups is 2. The number of hydrogen-bond acceptors (Lipinski definition) is 8. The van der Waals surface area contributed by atoms with Crippen molar-refractivity contribution in [2.75, 3.05) is 25.6 Å². The number of fused-ring (bicyclic) bond motifs is 1. The van der Waals surface area contributed by atoms with Gasteiger partial charge in [0.15, 0.2) is 18.1 Å². The van der Waals surface area contributed by atoms with Crippen molar-refractivity contribution >= 4 is 34.3 Å². The van der Waals surface area contributed by atoms with Crippen molar-refractivity contribution < 1.29 is 23.8 Å². The van der Waals surface area contributed by atoms with Gasteiger partial charge < -0.3 is 19.5 Å². The normalized spacial score (nSPS) is 12.7. The molecule has 9 heteroatoms. The van der Waals surface area contributed by atoms with E-state index in [9.17, 15) is 20.1 Å². The second-order valence-electron chi connectivity index (χ2n) is 7.15. The molecule has 1 N–H and O–H groups in total. The highest BCUT2D eigenvalue weighted by Crippen LogP contribution is 2.38. The number of benzene rings is 1. The number of hydrogen-bond donors (Lipinski definition) is 1. The molecule has 1 aliphatic carbocycles. The number of nitrogens with zero attached hydrogens (tertiary/aromatic N) is 2. The number of anilines is 1.